The van der Waals surface area contributed by atoms with Crippen molar-refractivity contribution in [2.24, 2.45) is 5.41 Å². The number of rotatable bonds is 2. The van der Waals surface area contributed by atoms with Gasteiger partial charge in [-0.1, -0.05) is 35.9 Å². The van der Waals surface area contributed by atoms with Crippen LogP contribution in [-0.2, 0) is 22.4 Å². The summed E-state index contributed by atoms with van der Waals surface area (Å²) in [5.74, 6) is -1.39. The van der Waals surface area contributed by atoms with Gasteiger partial charge in [-0.15, -0.1) is 0 Å². The monoisotopic (exact) mass is 502 g/mol. The molecule has 0 saturated carbocycles. The third-order valence-electron chi connectivity index (χ3n) is 7.30. The molecule has 36 heavy (non-hydrogen) atoms. The molecule has 1 saturated heterocycles. The van der Waals surface area contributed by atoms with Gasteiger partial charge < -0.3 is 4.90 Å². The molecular formula is C26H19ClN4O5. The van der Waals surface area contributed by atoms with Crippen LogP contribution in [0.5, 0.6) is 0 Å². The fourth-order valence-corrected chi connectivity index (χ4v) is 5.86. The van der Waals surface area contributed by atoms with E-state index in [0.29, 0.717) is 23.6 Å². The first-order valence-electron chi connectivity index (χ1n) is 11.4. The summed E-state index contributed by atoms with van der Waals surface area (Å²) in [7, 11) is 0. The van der Waals surface area contributed by atoms with E-state index in [2.05, 4.69) is 5.32 Å². The lowest BCUT2D eigenvalue weighted by atomic mass is 9.64. The zero-order valence-electron chi connectivity index (χ0n) is 18.8. The maximum absolute atomic E-state index is 14.4. The smallest absolute Gasteiger partial charge is 0.335 e. The number of nitrogens with one attached hydrogen (secondary N) is 1. The molecule has 3 heterocycles. The molecular weight excluding hydrogens is 484 g/mol. The topological polar surface area (TPSA) is 113 Å². The first-order chi connectivity index (χ1) is 17.3. The number of urea groups is 1. The SMILES string of the molecule is O=C1NC(=O)[C@]2(Cc3cc([N+](=O)[O-])ccc3N3CCc4ccccc4[C@H]32)C(=O)N1c1ccc(Cl)cc1. The van der Waals surface area contributed by atoms with Crippen LogP contribution in [0.3, 0.4) is 0 Å². The summed E-state index contributed by atoms with van der Waals surface area (Å²) in [6.45, 7) is 0.504. The number of barbiturate groups is 1. The lowest BCUT2D eigenvalue weighted by Gasteiger charge is -2.54. The Balaban J connectivity index is 1.59. The number of benzene rings is 3. The van der Waals surface area contributed by atoms with E-state index in [4.69, 9.17) is 11.6 Å². The van der Waals surface area contributed by atoms with Gasteiger partial charge in [0.2, 0.25) is 5.91 Å². The molecule has 4 amide bonds. The second-order valence-corrected chi connectivity index (χ2v) is 9.58. The van der Waals surface area contributed by atoms with Gasteiger partial charge in [-0.3, -0.25) is 25.0 Å². The Kier molecular flexibility index (Phi) is 4.87. The van der Waals surface area contributed by atoms with Crippen molar-refractivity contribution in [1.82, 2.24) is 5.32 Å². The molecule has 3 aliphatic heterocycles. The van der Waals surface area contributed by atoms with Crippen molar-refractivity contribution >= 4 is 46.5 Å². The van der Waals surface area contributed by atoms with E-state index in [9.17, 15) is 24.5 Å². The van der Waals surface area contributed by atoms with Crippen LogP contribution >= 0.6 is 11.6 Å². The molecule has 0 unspecified atom stereocenters. The van der Waals surface area contributed by atoms with Gasteiger partial charge in [0, 0.05) is 35.8 Å². The number of carbonyl (C=O) groups excluding carboxylic acids is 3. The highest BCUT2D eigenvalue weighted by Crippen LogP contribution is 2.54. The number of nitro groups is 1. The standard InChI is InChI=1S/C26H19ClN4O5/c27-17-5-7-18(8-6-17)30-24(33)26(23(32)28-25(30)34)14-16-13-19(31(35)36)9-10-21(16)29-12-11-15-3-1-2-4-20(15)22(26)29/h1-10,13,22H,11-12,14H2,(H,28,32,34)/t22-,26+/m0/s1. The molecule has 0 aliphatic carbocycles. The first-order valence-corrected chi connectivity index (χ1v) is 11.8. The van der Waals surface area contributed by atoms with Gasteiger partial charge in [-0.2, -0.15) is 0 Å². The zero-order valence-corrected chi connectivity index (χ0v) is 19.6. The highest BCUT2D eigenvalue weighted by atomic mass is 35.5. The maximum Gasteiger partial charge on any atom is 0.335 e. The first kappa shape index (κ1) is 22.2. The summed E-state index contributed by atoms with van der Waals surface area (Å²) >= 11 is 6.01. The van der Waals surface area contributed by atoms with Crippen molar-refractivity contribution in [3.05, 3.63) is 98.6 Å². The van der Waals surface area contributed by atoms with E-state index >= 15 is 0 Å². The number of hydrogen-bond donors (Lipinski definition) is 1. The number of anilines is 2. The van der Waals surface area contributed by atoms with Crippen LogP contribution in [-0.4, -0.2) is 29.3 Å². The van der Waals surface area contributed by atoms with Crippen LogP contribution in [0, 0.1) is 15.5 Å². The van der Waals surface area contributed by atoms with Crippen molar-refractivity contribution in [2.75, 3.05) is 16.3 Å². The molecule has 2 atom stereocenters. The van der Waals surface area contributed by atoms with Gasteiger partial charge in [0.1, 0.15) is 0 Å². The Morgan fingerprint density at radius 1 is 1.00 bits per heavy atom. The molecule has 6 rings (SSSR count). The minimum Gasteiger partial charge on any atom is -0.362 e. The maximum atomic E-state index is 14.4. The molecule has 3 aromatic rings. The van der Waals surface area contributed by atoms with Crippen LogP contribution in [0.2, 0.25) is 5.02 Å². The summed E-state index contributed by atoms with van der Waals surface area (Å²) < 4.78 is 0. The third-order valence-corrected chi connectivity index (χ3v) is 7.55. The molecule has 0 bridgehead atoms. The molecule has 3 aliphatic rings. The molecule has 180 valence electrons. The van der Waals surface area contributed by atoms with Crippen LogP contribution < -0.4 is 15.1 Å². The van der Waals surface area contributed by atoms with Gasteiger partial charge in [0.25, 0.3) is 11.6 Å². The number of imide groups is 2. The summed E-state index contributed by atoms with van der Waals surface area (Å²) in [6, 6.07) is 16.8. The van der Waals surface area contributed by atoms with Gasteiger partial charge in [-0.05, 0) is 53.4 Å². The summed E-state index contributed by atoms with van der Waals surface area (Å²) in [6.07, 6.45) is 0.580. The van der Waals surface area contributed by atoms with Gasteiger partial charge in [-0.25, -0.2) is 9.69 Å². The van der Waals surface area contributed by atoms with E-state index in [1.165, 1.54) is 24.3 Å². The average Bonchev–Trinajstić information content (AvgIpc) is 2.87. The molecule has 1 N–H and O–H groups in total. The van der Waals surface area contributed by atoms with Crippen molar-refractivity contribution in [3.8, 4) is 0 Å². The fraction of sp³-hybridized carbons (Fsp3) is 0.192. The van der Waals surface area contributed by atoms with Crippen molar-refractivity contribution < 1.29 is 19.3 Å². The second-order valence-electron chi connectivity index (χ2n) is 9.14. The Morgan fingerprint density at radius 2 is 1.75 bits per heavy atom. The molecule has 1 spiro atoms. The Bertz CT molecular complexity index is 1470. The predicted octanol–water partition coefficient (Wildman–Crippen LogP) is 4.18. The van der Waals surface area contributed by atoms with E-state index in [-0.39, 0.29) is 17.8 Å². The number of hydrogen-bond acceptors (Lipinski definition) is 6. The van der Waals surface area contributed by atoms with E-state index in [1.54, 1.807) is 18.2 Å². The van der Waals surface area contributed by atoms with Crippen LogP contribution in [0.25, 0.3) is 0 Å². The second kappa shape index (κ2) is 7.89. The van der Waals surface area contributed by atoms with Crippen molar-refractivity contribution in [1.29, 1.82) is 0 Å². The normalized spacial score (nSPS) is 22.6. The minimum atomic E-state index is -1.73. The number of nitrogens with zero attached hydrogens (tertiary/aromatic N) is 3. The third kappa shape index (κ3) is 3.06. The quantitative estimate of drug-likeness (QED) is 0.319. The van der Waals surface area contributed by atoms with Crippen LogP contribution in [0.15, 0.2) is 66.7 Å². The molecule has 0 radical (unpaired) electrons. The van der Waals surface area contributed by atoms with Crippen LogP contribution in [0.4, 0.5) is 21.9 Å². The van der Waals surface area contributed by atoms with Crippen LogP contribution in [0.1, 0.15) is 22.7 Å². The average molecular weight is 503 g/mol. The van der Waals surface area contributed by atoms with Gasteiger partial charge >= 0.3 is 6.03 Å². The van der Waals surface area contributed by atoms with Crippen molar-refractivity contribution in [3.63, 3.8) is 0 Å². The van der Waals surface area contributed by atoms with E-state index in [0.717, 1.165) is 21.7 Å². The molecule has 9 nitrogen and oxygen atoms in total. The number of nitro benzene ring substituents is 1. The number of non-ortho nitro benzene ring substituents is 1. The summed E-state index contributed by atoms with van der Waals surface area (Å²) in [5, 5.41) is 14.3. The summed E-state index contributed by atoms with van der Waals surface area (Å²) in [4.78, 5) is 55.0. The fourth-order valence-electron chi connectivity index (χ4n) is 5.74. The van der Waals surface area contributed by atoms with E-state index < -0.39 is 34.2 Å². The highest BCUT2D eigenvalue weighted by molar-refractivity contribution is 6.32. The Labute approximate surface area is 210 Å². The predicted molar refractivity (Wildman–Crippen MR) is 132 cm³/mol. The minimum absolute atomic E-state index is 0.0957. The highest BCUT2D eigenvalue weighted by Gasteiger charge is 2.63. The van der Waals surface area contributed by atoms with Gasteiger partial charge in [0.15, 0.2) is 5.41 Å². The largest absolute Gasteiger partial charge is 0.362 e. The number of halogens is 1. The molecule has 3 aromatic carbocycles. The lowest BCUT2D eigenvalue weighted by molar-refractivity contribution is -0.384. The van der Waals surface area contributed by atoms with E-state index in [1.807, 2.05) is 29.2 Å². The number of carbonyl (C=O) groups is 3. The molecule has 10 heteroatoms. The van der Waals surface area contributed by atoms with Crippen molar-refractivity contribution in [2.45, 2.75) is 18.9 Å². The molecule has 1 fully saturated rings. The number of amides is 4. The Morgan fingerprint density at radius 3 is 2.50 bits per heavy atom. The molecule has 0 aromatic heterocycles. The van der Waals surface area contributed by atoms with Gasteiger partial charge in [0.05, 0.1) is 16.7 Å². The lowest BCUT2D eigenvalue weighted by Crippen LogP contribution is -2.70. The Hall–Kier alpha value is -4.24. The zero-order chi connectivity index (χ0) is 25.2. The number of fused-ring (bicyclic) bond motifs is 6. The summed E-state index contributed by atoms with van der Waals surface area (Å²) in [5.41, 5.74) is 1.49.